The van der Waals surface area contributed by atoms with E-state index in [0.29, 0.717) is 30.3 Å². The van der Waals surface area contributed by atoms with Gasteiger partial charge in [0.05, 0.1) is 0 Å². The zero-order valence-electron chi connectivity index (χ0n) is 15.6. The van der Waals surface area contributed by atoms with E-state index in [2.05, 4.69) is 10.2 Å². The van der Waals surface area contributed by atoms with Gasteiger partial charge in [-0.3, -0.25) is 19.3 Å². The number of rotatable bonds is 3. The molecular weight excluding hydrogens is 359 g/mol. The number of H-pyrrole nitrogens is 1. The summed E-state index contributed by atoms with van der Waals surface area (Å²) in [7, 11) is 0. The number of carbonyl (C=O) groups is 1. The molecular formula is C21H21FN4O2. The third kappa shape index (κ3) is 3.35. The van der Waals surface area contributed by atoms with Crippen LogP contribution < -0.4 is 5.56 Å². The SMILES string of the molecule is Cc1ccn(-c2ccc(F)cc2)c(=O)c1C(=O)N1CCC(c2ccn[nH]2)CC1. The van der Waals surface area contributed by atoms with Crippen molar-refractivity contribution in [3.8, 4) is 5.69 Å². The lowest BCUT2D eigenvalue weighted by Crippen LogP contribution is -2.41. The molecule has 4 rings (SSSR count). The van der Waals surface area contributed by atoms with Gasteiger partial charge in [0.2, 0.25) is 0 Å². The molecule has 0 atom stereocenters. The van der Waals surface area contributed by atoms with Crippen molar-refractivity contribution in [2.75, 3.05) is 13.1 Å². The number of aromatic amines is 1. The van der Waals surface area contributed by atoms with Crippen LogP contribution in [-0.2, 0) is 0 Å². The van der Waals surface area contributed by atoms with Crippen LogP contribution >= 0.6 is 0 Å². The number of aromatic nitrogens is 3. The molecule has 0 aliphatic carbocycles. The Morgan fingerprint density at radius 1 is 1.14 bits per heavy atom. The van der Waals surface area contributed by atoms with Gasteiger partial charge >= 0.3 is 0 Å². The molecule has 3 aromatic rings. The smallest absolute Gasteiger partial charge is 0.268 e. The summed E-state index contributed by atoms with van der Waals surface area (Å²) < 4.78 is 14.6. The second kappa shape index (κ2) is 7.42. The van der Waals surface area contributed by atoms with E-state index in [1.165, 1.54) is 28.8 Å². The fraction of sp³-hybridized carbons (Fsp3) is 0.286. The maximum atomic E-state index is 13.2. The van der Waals surface area contributed by atoms with Crippen LogP contribution in [0.1, 0.15) is 40.4 Å². The number of likely N-dealkylation sites (tertiary alicyclic amines) is 1. The average molecular weight is 380 g/mol. The molecule has 7 heteroatoms. The number of piperidine rings is 1. The predicted octanol–water partition coefficient (Wildman–Crippen LogP) is 3.03. The Balaban J connectivity index is 1.58. The topological polar surface area (TPSA) is 71.0 Å². The summed E-state index contributed by atoms with van der Waals surface area (Å²) in [5.74, 6) is -0.276. The minimum absolute atomic E-state index is 0.173. The first-order valence-corrected chi connectivity index (χ1v) is 9.31. The Bertz CT molecular complexity index is 1030. The number of pyridine rings is 1. The van der Waals surface area contributed by atoms with Crippen molar-refractivity contribution in [2.24, 2.45) is 0 Å². The quantitative estimate of drug-likeness (QED) is 0.759. The van der Waals surface area contributed by atoms with Gasteiger partial charge in [0.15, 0.2) is 0 Å². The van der Waals surface area contributed by atoms with Crippen LogP contribution in [0, 0.1) is 12.7 Å². The highest BCUT2D eigenvalue weighted by Crippen LogP contribution is 2.27. The van der Waals surface area contributed by atoms with Crippen molar-refractivity contribution in [3.63, 3.8) is 0 Å². The van der Waals surface area contributed by atoms with Crippen molar-refractivity contribution in [1.29, 1.82) is 0 Å². The van der Waals surface area contributed by atoms with Gasteiger partial charge in [-0.05, 0) is 61.7 Å². The Morgan fingerprint density at radius 2 is 1.86 bits per heavy atom. The van der Waals surface area contributed by atoms with E-state index in [4.69, 9.17) is 0 Å². The molecule has 1 amide bonds. The third-order valence-corrected chi connectivity index (χ3v) is 5.36. The Labute approximate surface area is 161 Å². The van der Waals surface area contributed by atoms with Crippen molar-refractivity contribution in [2.45, 2.75) is 25.7 Å². The number of carbonyl (C=O) groups excluding carboxylic acids is 1. The number of halogens is 1. The molecule has 0 spiro atoms. The Hall–Kier alpha value is -3.22. The van der Waals surface area contributed by atoms with Gasteiger partial charge in [0.25, 0.3) is 11.5 Å². The highest BCUT2D eigenvalue weighted by molar-refractivity contribution is 5.95. The predicted molar refractivity (Wildman–Crippen MR) is 103 cm³/mol. The van der Waals surface area contributed by atoms with Gasteiger partial charge in [-0.1, -0.05) is 0 Å². The summed E-state index contributed by atoms with van der Waals surface area (Å²) in [5, 5.41) is 6.99. The molecule has 1 aliphatic heterocycles. The minimum atomic E-state index is -0.382. The minimum Gasteiger partial charge on any atom is -0.338 e. The number of hydrogen-bond acceptors (Lipinski definition) is 3. The standard InChI is InChI=1S/C21H21FN4O2/c1-14-7-13-26(17-4-2-16(22)3-5-17)21(28)19(14)20(27)25-11-8-15(9-12-25)18-6-10-23-24-18/h2-7,10,13,15H,8-9,11-12H2,1H3,(H,23,24). The Kier molecular flexibility index (Phi) is 4.81. The summed E-state index contributed by atoms with van der Waals surface area (Å²) in [6.45, 7) is 2.95. The van der Waals surface area contributed by atoms with Crippen LogP contribution in [0.5, 0.6) is 0 Å². The zero-order chi connectivity index (χ0) is 19.7. The first kappa shape index (κ1) is 18.2. The van der Waals surface area contributed by atoms with E-state index in [1.807, 2.05) is 6.07 Å². The second-order valence-electron chi connectivity index (χ2n) is 7.10. The van der Waals surface area contributed by atoms with E-state index in [1.54, 1.807) is 30.3 Å². The van der Waals surface area contributed by atoms with Gasteiger partial charge in [0.1, 0.15) is 11.4 Å². The molecule has 2 aromatic heterocycles. The summed E-state index contributed by atoms with van der Waals surface area (Å²) in [6.07, 6.45) is 5.00. The fourth-order valence-electron chi connectivity index (χ4n) is 3.74. The van der Waals surface area contributed by atoms with E-state index < -0.39 is 0 Å². The van der Waals surface area contributed by atoms with Gasteiger partial charge in [-0.2, -0.15) is 5.10 Å². The van der Waals surface area contributed by atoms with E-state index in [-0.39, 0.29) is 22.8 Å². The van der Waals surface area contributed by atoms with E-state index in [9.17, 15) is 14.0 Å². The summed E-state index contributed by atoms with van der Waals surface area (Å²) in [5.41, 5.74) is 2.04. The van der Waals surface area contributed by atoms with E-state index >= 15 is 0 Å². The lowest BCUT2D eigenvalue weighted by Gasteiger charge is -2.31. The number of aryl methyl sites for hydroxylation is 1. The van der Waals surface area contributed by atoms with Crippen LogP contribution in [0.4, 0.5) is 4.39 Å². The molecule has 28 heavy (non-hydrogen) atoms. The molecule has 1 aromatic carbocycles. The molecule has 0 radical (unpaired) electrons. The van der Waals surface area contributed by atoms with Crippen molar-refractivity contribution >= 4 is 5.91 Å². The van der Waals surface area contributed by atoms with Crippen LogP contribution in [0.25, 0.3) is 5.69 Å². The monoisotopic (exact) mass is 380 g/mol. The number of nitrogens with one attached hydrogen (secondary N) is 1. The second-order valence-corrected chi connectivity index (χ2v) is 7.10. The average Bonchev–Trinajstić information content (AvgIpc) is 3.24. The van der Waals surface area contributed by atoms with Crippen molar-refractivity contribution < 1.29 is 9.18 Å². The number of hydrogen-bond donors (Lipinski definition) is 1. The van der Waals surface area contributed by atoms with Gasteiger partial charge in [-0.15, -0.1) is 0 Å². The van der Waals surface area contributed by atoms with E-state index in [0.717, 1.165) is 18.5 Å². The van der Waals surface area contributed by atoms with Crippen molar-refractivity contribution in [3.05, 3.63) is 81.8 Å². The zero-order valence-corrected chi connectivity index (χ0v) is 15.6. The molecule has 0 saturated carbocycles. The normalized spacial score (nSPS) is 15.0. The first-order chi connectivity index (χ1) is 13.5. The van der Waals surface area contributed by atoms with Crippen LogP contribution in [0.3, 0.4) is 0 Å². The lowest BCUT2D eigenvalue weighted by molar-refractivity contribution is 0.0709. The highest BCUT2D eigenvalue weighted by atomic mass is 19.1. The molecule has 1 saturated heterocycles. The van der Waals surface area contributed by atoms with Crippen molar-refractivity contribution in [1.82, 2.24) is 19.7 Å². The summed E-state index contributed by atoms with van der Waals surface area (Å²) in [4.78, 5) is 27.9. The fourth-order valence-corrected chi connectivity index (χ4v) is 3.74. The van der Waals surface area contributed by atoms with Gasteiger partial charge in [-0.25, -0.2) is 4.39 Å². The molecule has 144 valence electrons. The molecule has 6 nitrogen and oxygen atoms in total. The van der Waals surface area contributed by atoms with Gasteiger partial charge in [0, 0.05) is 42.8 Å². The molecule has 3 heterocycles. The number of benzene rings is 1. The first-order valence-electron chi connectivity index (χ1n) is 9.31. The number of nitrogens with zero attached hydrogens (tertiary/aromatic N) is 3. The largest absolute Gasteiger partial charge is 0.338 e. The van der Waals surface area contributed by atoms with Gasteiger partial charge < -0.3 is 4.90 Å². The highest BCUT2D eigenvalue weighted by Gasteiger charge is 2.28. The molecule has 0 bridgehead atoms. The third-order valence-electron chi connectivity index (χ3n) is 5.36. The maximum Gasteiger partial charge on any atom is 0.268 e. The summed E-state index contributed by atoms with van der Waals surface area (Å²) >= 11 is 0. The number of amides is 1. The molecule has 1 aliphatic rings. The van der Waals surface area contributed by atoms with Crippen LogP contribution in [0.15, 0.2) is 53.6 Å². The van der Waals surface area contributed by atoms with Crippen LogP contribution in [0.2, 0.25) is 0 Å². The maximum absolute atomic E-state index is 13.2. The van der Waals surface area contributed by atoms with Crippen LogP contribution in [-0.4, -0.2) is 38.7 Å². The Morgan fingerprint density at radius 3 is 2.50 bits per heavy atom. The molecule has 1 N–H and O–H groups in total. The summed E-state index contributed by atoms with van der Waals surface area (Å²) in [6, 6.07) is 9.35. The molecule has 1 fully saturated rings. The molecule has 0 unspecified atom stereocenters. The lowest BCUT2D eigenvalue weighted by atomic mass is 9.93.